The summed E-state index contributed by atoms with van der Waals surface area (Å²) >= 11 is 0. The van der Waals surface area contributed by atoms with Gasteiger partial charge in [0.2, 0.25) is 0 Å². The van der Waals surface area contributed by atoms with Crippen molar-refractivity contribution in [1.82, 2.24) is 0 Å². The lowest BCUT2D eigenvalue weighted by atomic mass is 9.89. The summed E-state index contributed by atoms with van der Waals surface area (Å²) in [5.74, 6) is -0.869. The van der Waals surface area contributed by atoms with Crippen molar-refractivity contribution in [2.45, 2.75) is 33.0 Å². The number of carbonyl (C=O) groups excluding carboxylic acids is 1. The van der Waals surface area contributed by atoms with Gasteiger partial charge in [0.15, 0.2) is 6.10 Å². The van der Waals surface area contributed by atoms with Gasteiger partial charge in [0.25, 0.3) is 0 Å². The second-order valence-corrected chi connectivity index (χ2v) is 3.85. The molecule has 0 unspecified atom stereocenters. The van der Waals surface area contributed by atoms with Gasteiger partial charge in [0, 0.05) is 18.9 Å². The Labute approximate surface area is 97.2 Å². The first-order chi connectivity index (χ1) is 7.49. The molecule has 0 aliphatic heterocycles. The average Bonchev–Trinajstić information content (AvgIpc) is 2.28. The molecule has 0 radical (unpaired) electrons. The van der Waals surface area contributed by atoms with E-state index in [1.165, 1.54) is 7.11 Å². The predicted molar refractivity (Wildman–Crippen MR) is 62.0 cm³/mol. The van der Waals surface area contributed by atoms with Gasteiger partial charge < -0.3 is 14.6 Å². The fraction of sp³-hybridized carbons (Fsp3) is 0.750. The van der Waals surface area contributed by atoms with Crippen molar-refractivity contribution >= 4 is 5.97 Å². The molecule has 0 saturated heterocycles. The molecule has 0 aliphatic rings. The summed E-state index contributed by atoms with van der Waals surface area (Å²) in [4.78, 5) is 11.5. The molecule has 0 amide bonds. The topological polar surface area (TPSA) is 55.8 Å². The number of rotatable bonds is 7. The zero-order valence-electron chi connectivity index (χ0n) is 10.5. The van der Waals surface area contributed by atoms with Gasteiger partial charge in [-0.3, -0.25) is 0 Å². The standard InChI is InChI=1S/C12H22O4/c1-6-8(3)10(13)9(4)11(15-5)12(14)16-7-2/h6,8-11,13H,1,7H2,2-5H3/t8-,9-,10-,11-/m1/s1. The zero-order chi connectivity index (χ0) is 12.7. The van der Waals surface area contributed by atoms with Crippen LogP contribution in [-0.4, -0.2) is 37.0 Å². The molecule has 0 rings (SSSR count). The summed E-state index contributed by atoms with van der Waals surface area (Å²) in [6.07, 6.45) is 0.239. The van der Waals surface area contributed by atoms with E-state index < -0.39 is 18.2 Å². The Bertz CT molecular complexity index is 227. The quantitative estimate of drug-likeness (QED) is 0.530. The van der Waals surface area contributed by atoms with Gasteiger partial charge in [-0.05, 0) is 6.92 Å². The monoisotopic (exact) mass is 230 g/mol. The van der Waals surface area contributed by atoms with Gasteiger partial charge in [0.05, 0.1) is 12.7 Å². The highest BCUT2D eigenvalue weighted by Crippen LogP contribution is 2.20. The first-order valence-electron chi connectivity index (χ1n) is 5.49. The number of hydrogen-bond acceptors (Lipinski definition) is 4. The van der Waals surface area contributed by atoms with Crippen LogP contribution in [0.2, 0.25) is 0 Å². The minimum absolute atomic E-state index is 0.0953. The molecule has 4 atom stereocenters. The van der Waals surface area contributed by atoms with E-state index in [4.69, 9.17) is 9.47 Å². The highest BCUT2D eigenvalue weighted by molar-refractivity contribution is 5.75. The van der Waals surface area contributed by atoms with Gasteiger partial charge in [-0.2, -0.15) is 0 Å². The number of carbonyl (C=O) groups is 1. The number of aliphatic hydroxyl groups is 1. The molecule has 0 aromatic rings. The lowest BCUT2D eigenvalue weighted by Crippen LogP contribution is -2.40. The van der Waals surface area contributed by atoms with Crippen LogP contribution in [-0.2, 0) is 14.3 Å². The molecule has 4 nitrogen and oxygen atoms in total. The van der Waals surface area contributed by atoms with E-state index in [0.717, 1.165) is 0 Å². The molecule has 16 heavy (non-hydrogen) atoms. The molecule has 0 heterocycles. The number of methoxy groups -OCH3 is 1. The molecule has 94 valence electrons. The third kappa shape index (κ3) is 3.94. The van der Waals surface area contributed by atoms with Crippen LogP contribution < -0.4 is 0 Å². The number of aliphatic hydroxyl groups excluding tert-OH is 1. The van der Waals surface area contributed by atoms with Gasteiger partial charge >= 0.3 is 5.97 Å². The molecule has 0 bridgehead atoms. The van der Waals surface area contributed by atoms with E-state index in [1.807, 2.05) is 6.92 Å². The fourth-order valence-electron chi connectivity index (χ4n) is 1.55. The van der Waals surface area contributed by atoms with Crippen LogP contribution in [0.3, 0.4) is 0 Å². The van der Waals surface area contributed by atoms with E-state index in [1.54, 1.807) is 19.9 Å². The van der Waals surface area contributed by atoms with Gasteiger partial charge in [-0.25, -0.2) is 4.79 Å². The minimum atomic E-state index is -0.739. The van der Waals surface area contributed by atoms with Crippen molar-refractivity contribution in [3.63, 3.8) is 0 Å². The van der Waals surface area contributed by atoms with Crippen molar-refractivity contribution in [2.24, 2.45) is 11.8 Å². The minimum Gasteiger partial charge on any atom is -0.464 e. The average molecular weight is 230 g/mol. The second-order valence-electron chi connectivity index (χ2n) is 3.85. The third-order valence-corrected chi connectivity index (χ3v) is 2.70. The molecule has 0 fully saturated rings. The summed E-state index contributed by atoms with van der Waals surface area (Å²) in [7, 11) is 1.43. The van der Waals surface area contributed by atoms with Crippen LogP contribution in [0.5, 0.6) is 0 Å². The molecule has 4 heteroatoms. The molecule has 0 aliphatic carbocycles. The Morgan fingerprint density at radius 2 is 2.06 bits per heavy atom. The Hall–Kier alpha value is -0.870. The van der Waals surface area contributed by atoms with Crippen molar-refractivity contribution in [2.75, 3.05) is 13.7 Å². The summed E-state index contributed by atoms with van der Waals surface area (Å²) in [6, 6.07) is 0. The van der Waals surface area contributed by atoms with Crippen LogP contribution in [0, 0.1) is 11.8 Å². The highest BCUT2D eigenvalue weighted by Gasteiger charge is 2.32. The predicted octanol–water partition coefficient (Wildman–Crippen LogP) is 1.38. The van der Waals surface area contributed by atoms with E-state index in [-0.39, 0.29) is 11.8 Å². The lowest BCUT2D eigenvalue weighted by molar-refractivity contribution is -0.161. The van der Waals surface area contributed by atoms with Crippen molar-refractivity contribution < 1.29 is 19.4 Å². The second kappa shape index (κ2) is 7.41. The van der Waals surface area contributed by atoms with Crippen LogP contribution >= 0.6 is 0 Å². The molecular formula is C12H22O4. The Kier molecular flexibility index (Phi) is 7.01. The first-order valence-corrected chi connectivity index (χ1v) is 5.49. The van der Waals surface area contributed by atoms with Crippen LogP contribution in [0.25, 0.3) is 0 Å². The van der Waals surface area contributed by atoms with E-state index in [2.05, 4.69) is 6.58 Å². The molecule has 0 saturated carbocycles. The van der Waals surface area contributed by atoms with E-state index in [0.29, 0.717) is 6.61 Å². The molecule has 1 N–H and O–H groups in total. The molecular weight excluding hydrogens is 208 g/mol. The fourth-order valence-corrected chi connectivity index (χ4v) is 1.55. The number of hydrogen-bond donors (Lipinski definition) is 1. The summed E-state index contributed by atoms with van der Waals surface area (Å²) < 4.78 is 9.95. The van der Waals surface area contributed by atoms with Crippen molar-refractivity contribution in [3.8, 4) is 0 Å². The molecule has 0 aromatic heterocycles. The first kappa shape index (κ1) is 15.1. The summed E-state index contributed by atoms with van der Waals surface area (Å²) in [5, 5.41) is 9.95. The van der Waals surface area contributed by atoms with Gasteiger partial charge in [-0.1, -0.05) is 19.9 Å². The molecule has 0 aromatic carbocycles. The molecule has 0 spiro atoms. The van der Waals surface area contributed by atoms with E-state index in [9.17, 15) is 9.90 Å². The summed E-state index contributed by atoms with van der Waals surface area (Å²) in [5.41, 5.74) is 0. The smallest absolute Gasteiger partial charge is 0.335 e. The Morgan fingerprint density at radius 3 is 2.44 bits per heavy atom. The normalized spacial score (nSPS) is 18.3. The van der Waals surface area contributed by atoms with Crippen molar-refractivity contribution in [1.29, 1.82) is 0 Å². The maximum Gasteiger partial charge on any atom is 0.335 e. The van der Waals surface area contributed by atoms with Gasteiger partial charge in [0.1, 0.15) is 0 Å². The highest BCUT2D eigenvalue weighted by atomic mass is 16.6. The van der Waals surface area contributed by atoms with Gasteiger partial charge in [-0.15, -0.1) is 6.58 Å². The van der Waals surface area contributed by atoms with E-state index >= 15 is 0 Å². The van der Waals surface area contributed by atoms with Crippen molar-refractivity contribution in [3.05, 3.63) is 12.7 Å². The Balaban J connectivity index is 4.57. The SMILES string of the molecule is C=C[C@@H](C)[C@@H](O)[C@@H](C)[C@@H](OC)C(=O)OCC. The van der Waals surface area contributed by atoms with Crippen LogP contribution in [0.4, 0.5) is 0 Å². The largest absolute Gasteiger partial charge is 0.464 e. The maximum atomic E-state index is 11.5. The Morgan fingerprint density at radius 1 is 1.50 bits per heavy atom. The number of ether oxygens (including phenoxy) is 2. The van der Waals surface area contributed by atoms with Crippen LogP contribution in [0.15, 0.2) is 12.7 Å². The summed E-state index contributed by atoms with van der Waals surface area (Å²) in [6.45, 7) is 9.25. The lowest BCUT2D eigenvalue weighted by Gasteiger charge is -2.27. The maximum absolute atomic E-state index is 11.5. The zero-order valence-corrected chi connectivity index (χ0v) is 10.5. The van der Waals surface area contributed by atoms with Crippen LogP contribution in [0.1, 0.15) is 20.8 Å². The number of esters is 1. The third-order valence-electron chi connectivity index (χ3n) is 2.70.